The van der Waals surface area contributed by atoms with Crippen LogP contribution in [0.25, 0.3) is 0 Å². The summed E-state index contributed by atoms with van der Waals surface area (Å²) in [7, 11) is 0. The molecular weight excluding hydrogens is 308 g/mol. The van der Waals surface area contributed by atoms with Crippen molar-refractivity contribution in [2.24, 2.45) is 0 Å². The number of aryl methyl sites for hydroxylation is 3. The second-order valence-corrected chi connectivity index (χ2v) is 7.72. The van der Waals surface area contributed by atoms with Gasteiger partial charge in [0.15, 0.2) is 0 Å². The molecule has 0 aliphatic carbocycles. The van der Waals surface area contributed by atoms with E-state index in [9.17, 15) is 4.79 Å². The maximum atomic E-state index is 12.8. The molecule has 1 fully saturated rings. The highest BCUT2D eigenvalue weighted by Crippen LogP contribution is 2.29. The molecule has 0 saturated carbocycles. The van der Waals surface area contributed by atoms with Crippen molar-refractivity contribution in [2.75, 3.05) is 13.1 Å². The van der Waals surface area contributed by atoms with Crippen molar-refractivity contribution in [3.05, 3.63) is 33.0 Å². The summed E-state index contributed by atoms with van der Waals surface area (Å²) in [5.74, 6) is 0.484. The highest BCUT2D eigenvalue weighted by atomic mass is 32.1. The zero-order valence-electron chi connectivity index (χ0n) is 14.5. The van der Waals surface area contributed by atoms with Crippen molar-refractivity contribution in [3.8, 4) is 0 Å². The lowest BCUT2D eigenvalue weighted by Crippen LogP contribution is -2.29. The fourth-order valence-corrected chi connectivity index (χ4v) is 4.19. The van der Waals surface area contributed by atoms with E-state index >= 15 is 0 Å². The molecule has 5 nitrogen and oxygen atoms in total. The lowest BCUT2D eigenvalue weighted by Gasteiger charge is -2.17. The quantitative estimate of drug-likeness (QED) is 0.865. The number of thiazole rings is 1. The molecule has 0 radical (unpaired) electrons. The van der Waals surface area contributed by atoms with Crippen LogP contribution in [0.5, 0.6) is 0 Å². The van der Waals surface area contributed by atoms with Gasteiger partial charge in [0.05, 0.1) is 22.4 Å². The predicted molar refractivity (Wildman–Crippen MR) is 92.2 cm³/mol. The number of hydrogen-bond acceptors (Lipinski definition) is 4. The summed E-state index contributed by atoms with van der Waals surface area (Å²) in [5.41, 5.74) is 3.06. The van der Waals surface area contributed by atoms with Gasteiger partial charge in [-0.1, -0.05) is 13.8 Å². The first-order chi connectivity index (χ1) is 10.9. The molecule has 1 amide bonds. The van der Waals surface area contributed by atoms with Gasteiger partial charge in [-0.25, -0.2) is 4.98 Å². The Labute approximate surface area is 141 Å². The summed E-state index contributed by atoms with van der Waals surface area (Å²) in [6, 6.07) is 2.37. The molecule has 1 atom stereocenters. The van der Waals surface area contributed by atoms with Crippen LogP contribution in [0.3, 0.4) is 0 Å². The summed E-state index contributed by atoms with van der Waals surface area (Å²) >= 11 is 1.54. The highest BCUT2D eigenvalue weighted by molar-refractivity contribution is 7.13. The van der Waals surface area contributed by atoms with Gasteiger partial charge in [0.1, 0.15) is 4.88 Å². The van der Waals surface area contributed by atoms with Crippen LogP contribution in [0.2, 0.25) is 0 Å². The fraction of sp³-hybridized carbons (Fsp3) is 0.588. The minimum absolute atomic E-state index is 0.121. The third kappa shape index (κ3) is 3.04. The van der Waals surface area contributed by atoms with Crippen LogP contribution < -0.4 is 0 Å². The van der Waals surface area contributed by atoms with Gasteiger partial charge in [-0.2, -0.15) is 5.10 Å². The largest absolute Gasteiger partial charge is 0.336 e. The molecule has 0 N–H and O–H groups in total. The van der Waals surface area contributed by atoms with Gasteiger partial charge in [-0.05, 0) is 33.3 Å². The van der Waals surface area contributed by atoms with E-state index in [4.69, 9.17) is 0 Å². The molecule has 124 valence electrons. The number of hydrogen-bond donors (Lipinski definition) is 0. The molecular formula is C17H24N4OS. The summed E-state index contributed by atoms with van der Waals surface area (Å²) in [4.78, 5) is 20.1. The van der Waals surface area contributed by atoms with Crippen molar-refractivity contribution in [1.82, 2.24) is 19.7 Å². The van der Waals surface area contributed by atoms with Crippen LogP contribution >= 0.6 is 11.3 Å². The molecule has 1 saturated heterocycles. The molecule has 3 rings (SSSR count). The van der Waals surface area contributed by atoms with E-state index in [0.717, 1.165) is 46.5 Å². The van der Waals surface area contributed by atoms with Gasteiger partial charge in [-0.15, -0.1) is 11.3 Å². The average Bonchev–Trinajstić information content (AvgIpc) is 3.16. The maximum Gasteiger partial charge on any atom is 0.265 e. The number of aromatic nitrogens is 3. The normalized spacial score (nSPS) is 18.2. The Morgan fingerprint density at radius 2 is 2.09 bits per heavy atom. The number of amides is 1. The molecule has 0 unspecified atom stereocenters. The van der Waals surface area contributed by atoms with Crippen molar-refractivity contribution < 1.29 is 4.79 Å². The zero-order chi connectivity index (χ0) is 16.7. The number of nitrogens with zero attached hydrogens (tertiary/aromatic N) is 4. The third-order valence-electron chi connectivity index (χ3n) is 4.34. The molecule has 2 aromatic rings. The summed E-state index contributed by atoms with van der Waals surface area (Å²) in [6.45, 7) is 11.8. The predicted octanol–water partition coefficient (Wildman–Crippen LogP) is 3.48. The van der Waals surface area contributed by atoms with E-state index < -0.39 is 0 Å². The average molecular weight is 332 g/mol. The van der Waals surface area contributed by atoms with Gasteiger partial charge >= 0.3 is 0 Å². The number of carbonyl (C=O) groups excluding carboxylic acids is 1. The zero-order valence-corrected chi connectivity index (χ0v) is 15.3. The Balaban J connectivity index is 1.76. The maximum absolute atomic E-state index is 12.8. The molecule has 6 heteroatoms. The van der Waals surface area contributed by atoms with Crippen LogP contribution in [-0.2, 0) is 0 Å². The minimum Gasteiger partial charge on any atom is -0.336 e. The minimum atomic E-state index is 0.121. The first-order valence-corrected chi connectivity index (χ1v) is 8.97. The second-order valence-electron chi connectivity index (χ2n) is 6.69. The molecule has 0 aromatic carbocycles. The van der Waals surface area contributed by atoms with E-state index in [1.54, 1.807) is 11.3 Å². The lowest BCUT2D eigenvalue weighted by molar-refractivity contribution is 0.0790. The summed E-state index contributed by atoms with van der Waals surface area (Å²) < 4.78 is 2.07. The standard InChI is InChI=1S/C17H24N4OS/c1-10(2)16-18-13(5)15(23-16)17(22)20-7-6-14(9-20)21-12(4)8-11(3)19-21/h8,10,14H,6-7,9H2,1-5H3/t14-/m0/s1. The van der Waals surface area contributed by atoms with Crippen LogP contribution in [0, 0.1) is 20.8 Å². The number of rotatable bonds is 3. The second kappa shape index (κ2) is 6.07. The van der Waals surface area contributed by atoms with Crippen molar-refractivity contribution in [2.45, 2.75) is 53.0 Å². The van der Waals surface area contributed by atoms with Crippen LogP contribution in [0.1, 0.15) is 64.0 Å². The van der Waals surface area contributed by atoms with E-state index in [2.05, 4.69) is 41.6 Å². The van der Waals surface area contributed by atoms with E-state index in [1.807, 2.05) is 18.7 Å². The van der Waals surface area contributed by atoms with E-state index in [1.165, 1.54) is 0 Å². The van der Waals surface area contributed by atoms with Crippen molar-refractivity contribution in [3.63, 3.8) is 0 Å². The Kier molecular flexibility index (Phi) is 4.27. The van der Waals surface area contributed by atoms with Gasteiger partial charge in [-0.3, -0.25) is 9.48 Å². The van der Waals surface area contributed by atoms with Crippen LogP contribution in [0.15, 0.2) is 6.07 Å². The molecule has 3 heterocycles. The van der Waals surface area contributed by atoms with Gasteiger partial charge in [0.2, 0.25) is 0 Å². The lowest BCUT2D eigenvalue weighted by atomic mass is 10.2. The van der Waals surface area contributed by atoms with Crippen LogP contribution in [0.4, 0.5) is 0 Å². The van der Waals surface area contributed by atoms with E-state index in [0.29, 0.717) is 5.92 Å². The first kappa shape index (κ1) is 16.2. The highest BCUT2D eigenvalue weighted by Gasteiger charge is 2.31. The summed E-state index contributed by atoms with van der Waals surface area (Å²) in [5, 5.41) is 5.61. The van der Waals surface area contributed by atoms with Gasteiger partial charge in [0, 0.05) is 24.7 Å². The first-order valence-electron chi connectivity index (χ1n) is 8.16. The molecule has 0 spiro atoms. The number of carbonyl (C=O) groups is 1. The molecule has 2 aromatic heterocycles. The Morgan fingerprint density at radius 3 is 2.65 bits per heavy atom. The Hall–Kier alpha value is -1.69. The van der Waals surface area contributed by atoms with Gasteiger partial charge < -0.3 is 4.90 Å². The fourth-order valence-electron chi connectivity index (χ4n) is 3.15. The molecule has 0 bridgehead atoms. The van der Waals surface area contributed by atoms with E-state index in [-0.39, 0.29) is 11.9 Å². The topological polar surface area (TPSA) is 51.0 Å². The molecule has 1 aliphatic heterocycles. The number of likely N-dealkylation sites (tertiary alicyclic amines) is 1. The molecule has 23 heavy (non-hydrogen) atoms. The Morgan fingerprint density at radius 1 is 1.35 bits per heavy atom. The third-order valence-corrected chi connectivity index (χ3v) is 5.79. The SMILES string of the molecule is Cc1cc(C)n([C@H]2CCN(C(=O)c3sc(C(C)C)nc3C)C2)n1. The van der Waals surface area contributed by atoms with Gasteiger partial charge in [0.25, 0.3) is 5.91 Å². The summed E-state index contributed by atoms with van der Waals surface area (Å²) in [6.07, 6.45) is 0.961. The smallest absolute Gasteiger partial charge is 0.265 e. The monoisotopic (exact) mass is 332 g/mol. The van der Waals surface area contributed by atoms with Crippen molar-refractivity contribution in [1.29, 1.82) is 0 Å². The van der Waals surface area contributed by atoms with Crippen molar-refractivity contribution >= 4 is 17.2 Å². The Bertz CT molecular complexity index is 731. The van der Waals surface area contributed by atoms with Crippen LogP contribution in [-0.4, -0.2) is 38.7 Å². The molecule has 1 aliphatic rings.